The topological polar surface area (TPSA) is 75.3 Å². The Balaban J connectivity index is 1.82. The first kappa shape index (κ1) is 20.8. The van der Waals surface area contributed by atoms with Crippen LogP contribution in [0.25, 0.3) is 0 Å². The minimum absolute atomic E-state index is 0.0505. The van der Waals surface area contributed by atoms with Gasteiger partial charge in [-0.15, -0.1) is 0 Å². The fraction of sp³-hybridized carbons (Fsp3) is 0.0952. The van der Waals surface area contributed by atoms with Crippen molar-refractivity contribution in [3.8, 4) is 0 Å². The Morgan fingerprint density at radius 1 is 1.00 bits per heavy atom. The summed E-state index contributed by atoms with van der Waals surface area (Å²) < 4.78 is 39.1. The third-order valence-corrected chi connectivity index (χ3v) is 6.43. The summed E-state index contributed by atoms with van der Waals surface area (Å²) in [5, 5.41) is 5.47. The van der Waals surface area contributed by atoms with Gasteiger partial charge < -0.3 is 10.6 Å². The molecule has 8 heteroatoms. The Labute approximate surface area is 173 Å². The number of carbonyl (C=O) groups is 1. The molecule has 3 rings (SSSR count). The van der Waals surface area contributed by atoms with Crippen LogP contribution in [0.5, 0.6) is 0 Å². The largest absolute Gasteiger partial charge is 0.375 e. The molecule has 0 heterocycles. The Morgan fingerprint density at radius 2 is 1.66 bits per heavy atom. The van der Waals surface area contributed by atoms with Crippen LogP contribution in [0.15, 0.2) is 76.5 Å². The summed E-state index contributed by atoms with van der Waals surface area (Å²) in [6.07, 6.45) is 0. The second kappa shape index (κ2) is 8.63. The van der Waals surface area contributed by atoms with E-state index >= 15 is 0 Å². The van der Waals surface area contributed by atoms with Crippen LogP contribution in [0.1, 0.15) is 5.56 Å². The van der Waals surface area contributed by atoms with Crippen molar-refractivity contribution in [1.82, 2.24) is 0 Å². The molecule has 3 aromatic rings. The van der Waals surface area contributed by atoms with Crippen molar-refractivity contribution in [2.45, 2.75) is 16.7 Å². The highest BCUT2D eigenvalue weighted by Gasteiger charge is 2.24. The van der Waals surface area contributed by atoms with E-state index in [4.69, 9.17) is 11.6 Å². The number of amides is 1. The van der Waals surface area contributed by atoms with E-state index in [0.717, 1.165) is 5.56 Å². The van der Waals surface area contributed by atoms with Crippen LogP contribution < -0.4 is 10.6 Å². The maximum atomic E-state index is 13.1. The van der Waals surface area contributed by atoms with E-state index in [1.54, 1.807) is 18.2 Å². The summed E-state index contributed by atoms with van der Waals surface area (Å²) in [6, 6.07) is 16.4. The van der Waals surface area contributed by atoms with Gasteiger partial charge in [-0.05, 0) is 55.5 Å². The first-order valence-corrected chi connectivity index (χ1v) is 10.5. The van der Waals surface area contributed by atoms with Gasteiger partial charge in [-0.1, -0.05) is 35.4 Å². The Kier molecular flexibility index (Phi) is 6.20. The zero-order valence-electron chi connectivity index (χ0n) is 15.4. The smallest absolute Gasteiger partial charge is 0.243 e. The van der Waals surface area contributed by atoms with Gasteiger partial charge in [0.15, 0.2) is 0 Å². The van der Waals surface area contributed by atoms with E-state index in [1.165, 1.54) is 48.5 Å². The molecule has 0 atom stereocenters. The van der Waals surface area contributed by atoms with Gasteiger partial charge >= 0.3 is 0 Å². The van der Waals surface area contributed by atoms with Gasteiger partial charge in [0.05, 0.1) is 22.2 Å². The van der Waals surface area contributed by atoms with Gasteiger partial charge in [0.1, 0.15) is 10.7 Å². The molecular weight excluding hydrogens is 415 g/mol. The number of carbonyl (C=O) groups excluding carboxylic acids is 1. The van der Waals surface area contributed by atoms with Crippen LogP contribution >= 0.6 is 11.6 Å². The number of halogens is 2. The molecule has 0 saturated carbocycles. The number of hydrogen-bond acceptors (Lipinski definition) is 4. The lowest BCUT2D eigenvalue weighted by Gasteiger charge is -2.14. The van der Waals surface area contributed by atoms with Crippen molar-refractivity contribution in [3.63, 3.8) is 0 Å². The molecule has 2 N–H and O–H groups in total. The lowest BCUT2D eigenvalue weighted by molar-refractivity contribution is -0.114. The fourth-order valence-electron chi connectivity index (χ4n) is 2.67. The van der Waals surface area contributed by atoms with Crippen molar-refractivity contribution in [2.24, 2.45) is 0 Å². The second-order valence-corrected chi connectivity index (χ2v) is 8.64. The van der Waals surface area contributed by atoms with Gasteiger partial charge in [0.25, 0.3) is 0 Å². The summed E-state index contributed by atoms with van der Waals surface area (Å²) in [5.41, 5.74) is 1.57. The number of hydrogen-bond donors (Lipinski definition) is 2. The SMILES string of the molecule is Cc1ccc(S(=O)(=O)c2c(Cl)cccc2NCC(=O)Nc2ccc(F)cc2)cc1. The van der Waals surface area contributed by atoms with Gasteiger partial charge in [0, 0.05) is 5.69 Å². The van der Waals surface area contributed by atoms with Gasteiger partial charge in [-0.25, -0.2) is 12.8 Å². The first-order valence-electron chi connectivity index (χ1n) is 8.67. The average Bonchev–Trinajstić information content (AvgIpc) is 2.68. The van der Waals surface area contributed by atoms with Crippen molar-refractivity contribution in [1.29, 1.82) is 0 Å². The maximum Gasteiger partial charge on any atom is 0.243 e. The van der Waals surface area contributed by atoms with E-state index in [2.05, 4.69) is 10.6 Å². The molecule has 0 fully saturated rings. The zero-order chi connectivity index (χ0) is 21.0. The predicted octanol–water partition coefficient (Wildman–Crippen LogP) is 4.67. The molecule has 150 valence electrons. The van der Waals surface area contributed by atoms with E-state index in [-0.39, 0.29) is 27.0 Å². The molecule has 0 aliphatic rings. The van der Waals surface area contributed by atoms with Crippen LogP contribution in [0.2, 0.25) is 5.02 Å². The van der Waals surface area contributed by atoms with Crippen LogP contribution in [-0.2, 0) is 14.6 Å². The van der Waals surface area contributed by atoms with Crippen LogP contribution in [0, 0.1) is 12.7 Å². The van der Waals surface area contributed by atoms with E-state index in [9.17, 15) is 17.6 Å². The molecular formula is C21H18ClFN2O3S. The van der Waals surface area contributed by atoms with E-state index in [1.807, 2.05) is 6.92 Å². The van der Waals surface area contributed by atoms with Gasteiger partial charge in [0.2, 0.25) is 15.7 Å². The van der Waals surface area contributed by atoms with Crippen molar-refractivity contribution >= 4 is 38.7 Å². The number of rotatable bonds is 6. The number of aryl methyl sites for hydroxylation is 1. The minimum atomic E-state index is -3.90. The molecule has 0 spiro atoms. The van der Waals surface area contributed by atoms with Crippen LogP contribution in [-0.4, -0.2) is 20.9 Å². The highest BCUT2D eigenvalue weighted by molar-refractivity contribution is 7.91. The third kappa shape index (κ3) is 4.93. The quantitative estimate of drug-likeness (QED) is 0.593. The van der Waals surface area contributed by atoms with Gasteiger partial charge in [-0.2, -0.15) is 0 Å². The molecule has 0 saturated heterocycles. The molecule has 0 bridgehead atoms. The number of anilines is 2. The van der Waals surface area contributed by atoms with E-state index < -0.39 is 21.6 Å². The predicted molar refractivity (Wildman–Crippen MR) is 112 cm³/mol. The Bertz CT molecular complexity index is 1130. The number of nitrogens with one attached hydrogen (secondary N) is 2. The second-order valence-electron chi connectivity index (χ2n) is 6.34. The molecule has 0 aromatic heterocycles. The molecule has 0 unspecified atom stereocenters. The first-order chi connectivity index (χ1) is 13.8. The van der Waals surface area contributed by atoms with Crippen LogP contribution in [0.3, 0.4) is 0 Å². The highest BCUT2D eigenvalue weighted by atomic mass is 35.5. The summed E-state index contributed by atoms with van der Waals surface area (Å²) in [6.45, 7) is 1.66. The fourth-order valence-corrected chi connectivity index (χ4v) is 4.63. The Hall–Kier alpha value is -2.90. The lowest BCUT2D eigenvalue weighted by Crippen LogP contribution is -2.22. The normalized spacial score (nSPS) is 11.1. The number of sulfone groups is 1. The maximum absolute atomic E-state index is 13.1. The monoisotopic (exact) mass is 432 g/mol. The lowest BCUT2D eigenvalue weighted by atomic mass is 10.2. The summed E-state index contributed by atoms with van der Waals surface area (Å²) >= 11 is 6.20. The average molecular weight is 433 g/mol. The third-order valence-electron chi connectivity index (χ3n) is 4.13. The van der Waals surface area contributed by atoms with Crippen molar-refractivity contribution in [3.05, 3.63) is 83.1 Å². The van der Waals surface area contributed by atoms with Crippen molar-refractivity contribution < 1.29 is 17.6 Å². The number of benzene rings is 3. The molecule has 3 aromatic carbocycles. The zero-order valence-corrected chi connectivity index (χ0v) is 17.0. The summed E-state index contributed by atoms with van der Waals surface area (Å²) in [4.78, 5) is 12.2. The molecule has 0 aliphatic heterocycles. The van der Waals surface area contributed by atoms with Crippen LogP contribution in [0.4, 0.5) is 15.8 Å². The standard InChI is InChI=1S/C21H18ClFN2O3S/c1-14-5-11-17(12-6-14)29(27,28)21-18(22)3-2-4-19(21)24-13-20(26)25-16-9-7-15(23)8-10-16/h2-12,24H,13H2,1H3,(H,25,26). The summed E-state index contributed by atoms with van der Waals surface area (Å²) in [7, 11) is -3.90. The minimum Gasteiger partial charge on any atom is -0.375 e. The Morgan fingerprint density at radius 3 is 2.31 bits per heavy atom. The molecule has 0 radical (unpaired) electrons. The van der Waals surface area contributed by atoms with Gasteiger partial charge in [-0.3, -0.25) is 4.79 Å². The summed E-state index contributed by atoms with van der Waals surface area (Å²) in [5.74, 6) is -0.832. The molecule has 0 aliphatic carbocycles. The molecule has 1 amide bonds. The molecule has 5 nitrogen and oxygen atoms in total. The van der Waals surface area contributed by atoms with Crippen molar-refractivity contribution in [2.75, 3.05) is 17.2 Å². The van der Waals surface area contributed by atoms with E-state index in [0.29, 0.717) is 5.69 Å². The molecule has 29 heavy (non-hydrogen) atoms. The highest BCUT2D eigenvalue weighted by Crippen LogP contribution is 2.34.